The Bertz CT molecular complexity index is 455. The number of halogens is 1. The minimum absolute atomic E-state index is 0.00236. The lowest BCUT2D eigenvalue weighted by Gasteiger charge is -2.38. The summed E-state index contributed by atoms with van der Waals surface area (Å²) in [7, 11) is 0. The van der Waals surface area contributed by atoms with Crippen molar-refractivity contribution < 1.29 is 4.79 Å². The Labute approximate surface area is 133 Å². The van der Waals surface area contributed by atoms with Gasteiger partial charge in [-0.15, -0.1) is 5.10 Å². The molecule has 2 rings (SSSR count). The van der Waals surface area contributed by atoms with Gasteiger partial charge in [0.05, 0.1) is 11.2 Å². The Balaban J connectivity index is 2.07. The summed E-state index contributed by atoms with van der Waals surface area (Å²) in [5.41, 5.74) is 0.737. The van der Waals surface area contributed by atoms with Crippen LogP contribution in [-0.2, 0) is 6.42 Å². The number of alkyl halides is 1. The van der Waals surface area contributed by atoms with Gasteiger partial charge >= 0.3 is 0 Å². The summed E-state index contributed by atoms with van der Waals surface area (Å²) in [5.74, 6) is 0.761. The van der Waals surface area contributed by atoms with Crippen LogP contribution in [0, 0.1) is 5.92 Å². The maximum atomic E-state index is 12.5. The number of hydrogen-bond donors (Lipinski definition) is 1. The lowest BCUT2D eigenvalue weighted by Crippen LogP contribution is -2.52. The van der Waals surface area contributed by atoms with Crippen LogP contribution in [0.5, 0.6) is 0 Å². The third-order valence-electron chi connectivity index (χ3n) is 4.11. The van der Waals surface area contributed by atoms with Crippen LogP contribution in [0.2, 0.25) is 0 Å². The fourth-order valence-electron chi connectivity index (χ4n) is 2.69. The van der Waals surface area contributed by atoms with Crippen molar-refractivity contribution in [1.82, 2.24) is 14.9 Å². The lowest BCUT2D eigenvalue weighted by molar-refractivity contribution is 0.0877. The van der Waals surface area contributed by atoms with E-state index in [4.69, 9.17) is 0 Å². The van der Waals surface area contributed by atoms with Crippen molar-refractivity contribution in [1.29, 1.82) is 0 Å². The molecule has 1 amide bonds. The Kier molecular flexibility index (Phi) is 5.55. The van der Waals surface area contributed by atoms with E-state index in [1.807, 2.05) is 0 Å². The van der Waals surface area contributed by atoms with Gasteiger partial charge in [-0.05, 0) is 49.6 Å². The number of nitrogens with one attached hydrogen (secondary N) is 1. The molecule has 0 unspecified atom stereocenters. The molecule has 6 heteroatoms. The van der Waals surface area contributed by atoms with Gasteiger partial charge in [-0.1, -0.05) is 40.7 Å². The van der Waals surface area contributed by atoms with Gasteiger partial charge in [0, 0.05) is 5.33 Å². The van der Waals surface area contributed by atoms with E-state index in [1.54, 1.807) is 0 Å². The summed E-state index contributed by atoms with van der Waals surface area (Å²) < 4.78 is 3.93. The summed E-state index contributed by atoms with van der Waals surface area (Å²) in [4.78, 5) is 13.2. The van der Waals surface area contributed by atoms with E-state index in [0.717, 1.165) is 42.6 Å². The second-order valence-electron chi connectivity index (χ2n) is 5.85. The minimum atomic E-state index is -0.100. The smallest absolute Gasteiger partial charge is 0.265 e. The predicted molar refractivity (Wildman–Crippen MR) is 85.5 cm³/mol. The number of carbonyl (C=O) groups excluding carboxylic acids is 1. The molecule has 1 aliphatic carbocycles. The average molecular weight is 360 g/mol. The first-order valence-corrected chi connectivity index (χ1v) is 9.19. The maximum Gasteiger partial charge on any atom is 0.265 e. The van der Waals surface area contributed by atoms with Crippen LogP contribution in [0.1, 0.15) is 61.3 Å². The van der Waals surface area contributed by atoms with Crippen LogP contribution in [0.15, 0.2) is 0 Å². The molecule has 1 N–H and O–H groups in total. The van der Waals surface area contributed by atoms with Crippen molar-refractivity contribution in [2.24, 2.45) is 5.92 Å². The minimum Gasteiger partial charge on any atom is -0.345 e. The highest BCUT2D eigenvalue weighted by molar-refractivity contribution is 9.09. The van der Waals surface area contributed by atoms with E-state index < -0.39 is 0 Å². The molecule has 112 valence electrons. The van der Waals surface area contributed by atoms with E-state index in [1.165, 1.54) is 24.4 Å². The Morgan fingerprint density at radius 1 is 1.50 bits per heavy atom. The molecule has 0 spiro atoms. The third kappa shape index (κ3) is 3.58. The van der Waals surface area contributed by atoms with Crippen molar-refractivity contribution >= 4 is 33.4 Å². The first-order valence-electron chi connectivity index (χ1n) is 7.30. The molecule has 1 aliphatic rings. The zero-order chi connectivity index (χ0) is 14.6. The van der Waals surface area contributed by atoms with Crippen molar-refractivity contribution in [3.05, 3.63) is 10.6 Å². The number of nitrogens with zero attached hydrogens (tertiary/aromatic N) is 2. The largest absolute Gasteiger partial charge is 0.345 e. The fourth-order valence-corrected chi connectivity index (χ4v) is 3.99. The molecule has 1 aromatic heterocycles. The number of amides is 1. The molecule has 0 aromatic carbocycles. The zero-order valence-electron chi connectivity index (χ0n) is 12.1. The molecular weight excluding hydrogens is 338 g/mol. The van der Waals surface area contributed by atoms with Crippen LogP contribution in [0.4, 0.5) is 0 Å². The van der Waals surface area contributed by atoms with Gasteiger partial charge in [0.2, 0.25) is 0 Å². The second kappa shape index (κ2) is 6.98. The van der Waals surface area contributed by atoms with Crippen LogP contribution < -0.4 is 5.32 Å². The quantitative estimate of drug-likeness (QED) is 0.817. The summed E-state index contributed by atoms with van der Waals surface area (Å²) in [6.45, 7) is 4.37. The monoisotopic (exact) mass is 359 g/mol. The summed E-state index contributed by atoms with van der Waals surface area (Å²) in [6.07, 6.45) is 6.23. The number of aryl methyl sites for hydroxylation is 1. The van der Waals surface area contributed by atoms with Crippen LogP contribution in [0.3, 0.4) is 0 Å². The molecule has 0 saturated heterocycles. The molecule has 0 aliphatic heterocycles. The van der Waals surface area contributed by atoms with Crippen LogP contribution >= 0.6 is 27.5 Å². The first-order chi connectivity index (χ1) is 9.60. The van der Waals surface area contributed by atoms with Crippen molar-refractivity contribution in [2.75, 3.05) is 5.33 Å². The van der Waals surface area contributed by atoms with Crippen LogP contribution in [-0.4, -0.2) is 26.4 Å². The normalized spacial score (nSPS) is 26.4. The molecule has 1 aromatic rings. The molecule has 1 heterocycles. The zero-order valence-corrected chi connectivity index (χ0v) is 14.5. The standard InChI is InChI=1S/C14H22BrN3OS/c1-3-4-11-12(20-18-17-11)13(19)16-14(9-15)7-5-10(2)6-8-14/h10H,3-9H2,1-2H3,(H,16,19). The first kappa shape index (κ1) is 15.9. The van der Waals surface area contributed by atoms with E-state index in [2.05, 4.69) is 44.7 Å². The fraction of sp³-hybridized carbons (Fsp3) is 0.786. The molecular formula is C14H22BrN3OS. The van der Waals surface area contributed by atoms with Gasteiger partial charge in [0.15, 0.2) is 0 Å². The maximum absolute atomic E-state index is 12.5. The molecule has 1 fully saturated rings. The number of rotatable bonds is 5. The van der Waals surface area contributed by atoms with E-state index in [-0.39, 0.29) is 11.4 Å². The molecule has 0 atom stereocenters. The Morgan fingerprint density at radius 2 is 2.20 bits per heavy atom. The van der Waals surface area contributed by atoms with E-state index in [9.17, 15) is 4.79 Å². The van der Waals surface area contributed by atoms with Gasteiger partial charge in [-0.2, -0.15) is 0 Å². The highest BCUT2D eigenvalue weighted by atomic mass is 79.9. The Morgan fingerprint density at radius 3 is 2.80 bits per heavy atom. The molecule has 0 radical (unpaired) electrons. The van der Waals surface area contributed by atoms with Crippen molar-refractivity contribution in [3.8, 4) is 0 Å². The van der Waals surface area contributed by atoms with Gasteiger partial charge in [0.25, 0.3) is 5.91 Å². The van der Waals surface area contributed by atoms with Gasteiger partial charge in [0.1, 0.15) is 4.88 Å². The SMILES string of the molecule is CCCc1nnsc1C(=O)NC1(CBr)CCC(C)CC1. The van der Waals surface area contributed by atoms with Crippen molar-refractivity contribution in [3.63, 3.8) is 0 Å². The van der Waals surface area contributed by atoms with E-state index >= 15 is 0 Å². The number of aromatic nitrogens is 2. The van der Waals surface area contributed by atoms with Gasteiger partial charge < -0.3 is 5.32 Å². The topological polar surface area (TPSA) is 54.9 Å². The van der Waals surface area contributed by atoms with Crippen molar-refractivity contribution in [2.45, 2.75) is 57.9 Å². The summed E-state index contributed by atoms with van der Waals surface area (Å²) >= 11 is 4.79. The summed E-state index contributed by atoms with van der Waals surface area (Å²) in [6, 6.07) is 0. The molecule has 4 nitrogen and oxygen atoms in total. The highest BCUT2D eigenvalue weighted by Gasteiger charge is 2.35. The molecule has 1 saturated carbocycles. The van der Waals surface area contributed by atoms with Crippen LogP contribution in [0.25, 0.3) is 0 Å². The highest BCUT2D eigenvalue weighted by Crippen LogP contribution is 2.33. The van der Waals surface area contributed by atoms with Gasteiger partial charge in [-0.25, -0.2) is 0 Å². The average Bonchev–Trinajstić information content (AvgIpc) is 2.90. The predicted octanol–water partition coefficient (Wildman–Crippen LogP) is 3.56. The van der Waals surface area contributed by atoms with E-state index in [0.29, 0.717) is 4.88 Å². The molecule has 0 bridgehead atoms. The third-order valence-corrected chi connectivity index (χ3v) is 5.95. The Hall–Kier alpha value is -0.490. The number of hydrogen-bond acceptors (Lipinski definition) is 4. The molecule has 20 heavy (non-hydrogen) atoms. The van der Waals surface area contributed by atoms with Gasteiger partial charge in [-0.3, -0.25) is 4.79 Å². The second-order valence-corrected chi connectivity index (χ2v) is 7.16. The lowest BCUT2D eigenvalue weighted by atomic mass is 9.78. The number of carbonyl (C=O) groups is 1. The summed E-state index contributed by atoms with van der Waals surface area (Å²) in [5, 5.41) is 8.14.